The quantitative estimate of drug-likeness (QED) is 0.706. The Labute approximate surface area is 185 Å². The minimum atomic E-state index is -0.561. The van der Waals surface area contributed by atoms with Gasteiger partial charge in [-0.2, -0.15) is 0 Å². The van der Waals surface area contributed by atoms with Crippen molar-refractivity contribution < 1.29 is 14.3 Å². The molecule has 31 heavy (non-hydrogen) atoms. The van der Waals surface area contributed by atoms with Crippen LogP contribution in [0.2, 0.25) is 0 Å². The number of fused-ring (bicyclic) bond motifs is 1. The van der Waals surface area contributed by atoms with Crippen LogP contribution in [-0.4, -0.2) is 47.9 Å². The lowest BCUT2D eigenvalue weighted by Gasteiger charge is -2.38. The van der Waals surface area contributed by atoms with Crippen LogP contribution in [0.4, 0.5) is 0 Å². The van der Waals surface area contributed by atoms with Gasteiger partial charge in [0.1, 0.15) is 5.75 Å². The third-order valence-electron chi connectivity index (χ3n) is 6.46. The average molecular weight is 421 g/mol. The first-order chi connectivity index (χ1) is 14.9. The molecule has 2 atom stereocenters. The Morgan fingerprint density at radius 3 is 2.52 bits per heavy atom. The molecular weight excluding hydrogens is 388 g/mol. The SMILES string of the molecule is CCN(C)C(=O)C(C)Oc1ccc2c(c1)C(c1ccc(C)cc1)N(C(=O)C1CC1)CC2. The van der Waals surface area contributed by atoms with E-state index in [2.05, 4.69) is 37.3 Å². The van der Waals surface area contributed by atoms with Crippen molar-refractivity contribution in [3.63, 3.8) is 0 Å². The second kappa shape index (κ2) is 8.74. The molecule has 0 saturated heterocycles. The number of carbonyl (C=O) groups excluding carboxylic acids is 2. The maximum atomic E-state index is 13.1. The third-order valence-corrected chi connectivity index (χ3v) is 6.46. The predicted octanol–water partition coefficient (Wildman–Crippen LogP) is 4.12. The van der Waals surface area contributed by atoms with Crippen LogP contribution in [0.1, 0.15) is 55.0 Å². The van der Waals surface area contributed by atoms with E-state index in [9.17, 15) is 9.59 Å². The zero-order valence-electron chi connectivity index (χ0n) is 18.9. The fourth-order valence-corrected chi connectivity index (χ4v) is 4.30. The Morgan fingerprint density at radius 2 is 1.87 bits per heavy atom. The summed E-state index contributed by atoms with van der Waals surface area (Å²) in [6.45, 7) is 7.18. The van der Waals surface area contributed by atoms with Gasteiger partial charge >= 0.3 is 0 Å². The van der Waals surface area contributed by atoms with Gasteiger partial charge < -0.3 is 14.5 Å². The van der Waals surface area contributed by atoms with E-state index >= 15 is 0 Å². The van der Waals surface area contributed by atoms with E-state index in [-0.39, 0.29) is 23.8 Å². The number of carbonyl (C=O) groups is 2. The number of benzene rings is 2. The number of hydrogen-bond donors (Lipinski definition) is 0. The maximum Gasteiger partial charge on any atom is 0.263 e. The summed E-state index contributed by atoms with van der Waals surface area (Å²) < 4.78 is 6.03. The number of ether oxygens (including phenoxy) is 1. The Hall–Kier alpha value is -2.82. The molecule has 2 unspecified atom stereocenters. The zero-order chi connectivity index (χ0) is 22.1. The molecule has 0 radical (unpaired) electrons. The summed E-state index contributed by atoms with van der Waals surface area (Å²) in [5, 5.41) is 0. The van der Waals surface area contributed by atoms with Gasteiger partial charge in [0.05, 0.1) is 6.04 Å². The molecule has 0 aromatic heterocycles. The summed E-state index contributed by atoms with van der Waals surface area (Å²) >= 11 is 0. The maximum absolute atomic E-state index is 13.1. The van der Waals surface area contributed by atoms with Gasteiger partial charge in [-0.1, -0.05) is 35.9 Å². The molecule has 4 rings (SSSR count). The van der Waals surface area contributed by atoms with Gasteiger partial charge in [-0.25, -0.2) is 0 Å². The molecule has 0 spiro atoms. The molecule has 2 aromatic rings. The molecule has 2 aliphatic rings. The minimum absolute atomic E-state index is 0.0409. The summed E-state index contributed by atoms with van der Waals surface area (Å²) in [5.74, 6) is 1.06. The first-order valence-electron chi connectivity index (χ1n) is 11.3. The lowest BCUT2D eigenvalue weighted by atomic mass is 9.87. The number of likely N-dealkylation sites (N-methyl/N-ethyl adjacent to an activating group) is 1. The highest BCUT2D eigenvalue weighted by Crippen LogP contribution is 2.41. The first kappa shape index (κ1) is 21.4. The van der Waals surface area contributed by atoms with Gasteiger partial charge in [-0.05, 0) is 68.9 Å². The molecule has 0 N–H and O–H groups in total. The van der Waals surface area contributed by atoms with E-state index < -0.39 is 6.10 Å². The topological polar surface area (TPSA) is 49.9 Å². The molecule has 1 saturated carbocycles. The fourth-order valence-electron chi connectivity index (χ4n) is 4.30. The number of nitrogens with zero attached hydrogens (tertiary/aromatic N) is 2. The highest BCUT2D eigenvalue weighted by atomic mass is 16.5. The van der Waals surface area contributed by atoms with E-state index in [0.29, 0.717) is 12.3 Å². The van der Waals surface area contributed by atoms with Crippen LogP contribution in [0.15, 0.2) is 42.5 Å². The Kier molecular flexibility index (Phi) is 6.03. The number of hydrogen-bond acceptors (Lipinski definition) is 3. The predicted molar refractivity (Wildman–Crippen MR) is 121 cm³/mol. The van der Waals surface area contributed by atoms with Crippen molar-refractivity contribution in [3.05, 3.63) is 64.7 Å². The van der Waals surface area contributed by atoms with Crippen LogP contribution >= 0.6 is 0 Å². The van der Waals surface area contributed by atoms with Crippen LogP contribution in [-0.2, 0) is 16.0 Å². The van der Waals surface area contributed by atoms with E-state index in [1.807, 2.05) is 24.0 Å². The summed E-state index contributed by atoms with van der Waals surface area (Å²) in [6.07, 6.45) is 2.27. The molecule has 1 aliphatic carbocycles. The minimum Gasteiger partial charge on any atom is -0.481 e. The largest absolute Gasteiger partial charge is 0.481 e. The summed E-state index contributed by atoms with van der Waals surface area (Å²) in [4.78, 5) is 29.3. The summed E-state index contributed by atoms with van der Waals surface area (Å²) in [7, 11) is 1.78. The molecule has 0 bridgehead atoms. The Balaban J connectivity index is 1.68. The van der Waals surface area contributed by atoms with Gasteiger partial charge in [0.25, 0.3) is 5.91 Å². The number of rotatable bonds is 6. The zero-order valence-corrected chi connectivity index (χ0v) is 18.9. The second-order valence-corrected chi connectivity index (χ2v) is 8.84. The highest BCUT2D eigenvalue weighted by molar-refractivity contribution is 5.82. The van der Waals surface area contributed by atoms with Crippen molar-refractivity contribution in [3.8, 4) is 5.75 Å². The molecule has 2 aromatic carbocycles. The van der Waals surface area contributed by atoms with Crippen molar-refractivity contribution in [1.29, 1.82) is 0 Å². The fraction of sp³-hybridized carbons (Fsp3) is 0.462. The van der Waals surface area contributed by atoms with Crippen molar-refractivity contribution in [2.45, 2.75) is 52.2 Å². The Bertz CT molecular complexity index is 965. The average Bonchev–Trinajstić information content (AvgIpc) is 3.63. The smallest absolute Gasteiger partial charge is 0.263 e. The molecule has 164 valence electrons. The van der Waals surface area contributed by atoms with Crippen molar-refractivity contribution in [2.24, 2.45) is 5.92 Å². The Morgan fingerprint density at radius 1 is 1.16 bits per heavy atom. The standard InChI is InChI=1S/C26H32N2O3/c1-5-27(4)25(29)18(3)31-22-13-12-19-14-15-28(26(30)21-10-11-21)24(23(19)16-22)20-8-6-17(2)7-9-20/h6-9,12-13,16,18,21,24H,5,10-11,14-15H2,1-4H3. The third kappa shape index (κ3) is 4.46. The van der Waals surface area contributed by atoms with Crippen LogP contribution in [0.5, 0.6) is 5.75 Å². The van der Waals surface area contributed by atoms with E-state index in [1.165, 1.54) is 11.1 Å². The van der Waals surface area contributed by atoms with Crippen LogP contribution < -0.4 is 4.74 Å². The molecule has 1 fully saturated rings. The summed E-state index contributed by atoms with van der Waals surface area (Å²) in [5.41, 5.74) is 4.66. The van der Waals surface area contributed by atoms with Gasteiger partial charge in [-0.15, -0.1) is 0 Å². The van der Waals surface area contributed by atoms with Gasteiger partial charge in [0.15, 0.2) is 6.10 Å². The van der Waals surface area contributed by atoms with Crippen molar-refractivity contribution in [1.82, 2.24) is 9.80 Å². The molecule has 1 heterocycles. The second-order valence-electron chi connectivity index (χ2n) is 8.84. The van der Waals surface area contributed by atoms with Crippen LogP contribution in [0.25, 0.3) is 0 Å². The van der Waals surface area contributed by atoms with Gasteiger partial charge in [-0.3, -0.25) is 9.59 Å². The molecule has 2 amide bonds. The summed E-state index contributed by atoms with van der Waals surface area (Å²) in [6, 6.07) is 14.4. The number of aryl methyl sites for hydroxylation is 1. The monoisotopic (exact) mass is 420 g/mol. The van der Waals surface area contributed by atoms with Gasteiger partial charge in [0.2, 0.25) is 5.91 Å². The first-order valence-corrected chi connectivity index (χ1v) is 11.3. The molecular formula is C26H32N2O3. The lowest BCUT2D eigenvalue weighted by molar-refractivity contribution is -0.136. The normalized spacial score (nSPS) is 18.8. The highest BCUT2D eigenvalue weighted by Gasteiger charge is 2.39. The van der Waals surface area contributed by atoms with E-state index in [4.69, 9.17) is 4.74 Å². The molecule has 1 aliphatic heterocycles. The number of amides is 2. The van der Waals surface area contributed by atoms with Crippen LogP contribution in [0, 0.1) is 12.8 Å². The van der Waals surface area contributed by atoms with E-state index in [1.54, 1.807) is 18.9 Å². The van der Waals surface area contributed by atoms with Crippen molar-refractivity contribution in [2.75, 3.05) is 20.1 Å². The van der Waals surface area contributed by atoms with Crippen molar-refractivity contribution >= 4 is 11.8 Å². The lowest BCUT2D eigenvalue weighted by Crippen LogP contribution is -2.41. The molecule has 5 heteroatoms. The van der Waals surface area contributed by atoms with Crippen LogP contribution in [0.3, 0.4) is 0 Å². The molecule has 5 nitrogen and oxygen atoms in total. The van der Waals surface area contributed by atoms with Gasteiger partial charge in [0, 0.05) is 26.1 Å². The van der Waals surface area contributed by atoms with E-state index in [0.717, 1.165) is 36.9 Å².